The average molecular weight is 470 g/mol. The Kier molecular flexibility index (Phi) is 4.62. The van der Waals surface area contributed by atoms with Gasteiger partial charge in [-0.1, -0.05) is 24.3 Å². The summed E-state index contributed by atoms with van der Waals surface area (Å²) in [7, 11) is 5.50. The third-order valence-electron chi connectivity index (χ3n) is 2.33. The number of hydrogen-bond acceptors (Lipinski definition) is 0. The van der Waals surface area contributed by atoms with E-state index in [4.69, 9.17) is 0 Å². The summed E-state index contributed by atoms with van der Waals surface area (Å²) in [6.07, 6.45) is 0. The van der Waals surface area contributed by atoms with Crippen LogP contribution in [-0.4, -0.2) is 0 Å². The first kappa shape index (κ1) is 13.2. The van der Waals surface area contributed by atoms with Crippen molar-refractivity contribution < 1.29 is 0 Å². The van der Waals surface area contributed by atoms with Crippen molar-refractivity contribution in [2.45, 2.75) is 0 Å². The molecule has 0 aromatic heterocycles. The molecule has 2 unspecified atom stereocenters. The Balaban J connectivity index is 2.50. The summed E-state index contributed by atoms with van der Waals surface area (Å²) >= 11 is 4.73. The van der Waals surface area contributed by atoms with E-state index in [9.17, 15) is 0 Å². The molecular weight excluding hydrogens is 460 g/mol. The summed E-state index contributed by atoms with van der Waals surface area (Å²) in [6, 6.07) is 13.1. The molecule has 0 heterocycles. The maximum absolute atomic E-state index is 2.75. The quantitative estimate of drug-likeness (QED) is 0.442. The molecule has 0 amide bonds. The van der Waals surface area contributed by atoms with Crippen LogP contribution in [0.4, 0.5) is 0 Å². The molecule has 0 nitrogen and oxygen atoms in total. The van der Waals surface area contributed by atoms with Gasteiger partial charge in [-0.3, -0.25) is 0 Å². The number of benzene rings is 2. The number of halogens is 2. The average Bonchev–Trinajstić information content (AvgIpc) is 2.26. The van der Waals surface area contributed by atoms with Crippen LogP contribution in [0.5, 0.6) is 0 Å². The van der Waals surface area contributed by atoms with E-state index in [-0.39, 0.29) is 0 Å². The van der Waals surface area contributed by atoms with E-state index in [0.29, 0.717) is 0 Å². The molecule has 82 valence electrons. The fraction of sp³-hybridized carbons (Fsp3) is 0. The van der Waals surface area contributed by atoms with Crippen molar-refractivity contribution in [3.05, 3.63) is 43.5 Å². The molecule has 0 radical (unpaired) electrons. The lowest BCUT2D eigenvalue weighted by Gasteiger charge is -2.06. The Morgan fingerprint density at radius 1 is 0.688 bits per heavy atom. The first-order chi connectivity index (χ1) is 7.58. The first-order valence-corrected chi connectivity index (χ1v) is 7.99. The van der Waals surface area contributed by atoms with Crippen LogP contribution in [0, 0.1) is 7.14 Å². The summed E-state index contributed by atoms with van der Waals surface area (Å²) in [5.41, 5.74) is 2.55. The minimum atomic E-state index is 1.25. The molecule has 2 rings (SSSR count). The number of rotatable bonds is 1. The standard InChI is InChI=1S/C12H10I2P2/c13-9-5-7(1-3-11(9)15)8-2-4-12(16)10(14)6-8/h1-6H,15-16H2. The first-order valence-electron chi connectivity index (χ1n) is 4.68. The Morgan fingerprint density at radius 2 is 1.06 bits per heavy atom. The Labute approximate surface area is 128 Å². The summed E-state index contributed by atoms with van der Waals surface area (Å²) in [5, 5.41) is 2.50. The van der Waals surface area contributed by atoms with E-state index in [1.165, 1.54) is 28.9 Å². The minimum absolute atomic E-state index is 1.25. The third-order valence-corrected chi connectivity index (χ3v) is 6.38. The number of hydrogen-bond donors (Lipinski definition) is 0. The van der Waals surface area contributed by atoms with Crippen molar-refractivity contribution in [2.24, 2.45) is 0 Å². The highest BCUT2D eigenvalue weighted by molar-refractivity contribution is 14.1. The molecule has 2 atom stereocenters. The van der Waals surface area contributed by atoms with Gasteiger partial charge in [-0.05, 0) is 79.1 Å². The largest absolute Gasteiger partial charge is 0.104 e. The van der Waals surface area contributed by atoms with Gasteiger partial charge in [0, 0.05) is 7.14 Å². The Hall–Kier alpha value is 0.760. The molecule has 0 aliphatic carbocycles. The molecule has 2 aromatic rings. The molecule has 4 heteroatoms. The highest BCUT2D eigenvalue weighted by Gasteiger charge is 2.02. The topological polar surface area (TPSA) is 0 Å². The van der Waals surface area contributed by atoms with Crippen LogP contribution in [-0.2, 0) is 0 Å². The molecule has 0 bridgehead atoms. The van der Waals surface area contributed by atoms with Crippen molar-refractivity contribution in [1.82, 2.24) is 0 Å². The Morgan fingerprint density at radius 3 is 1.38 bits per heavy atom. The van der Waals surface area contributed by atoms with Crippen LogP contribution < -0.4 is 10.6 Å². The van der Waals surface area contributed by atoms with Crippen molar-refractivity contribution in [1.29, 1.82) is 0 Å². The second-order valence-corrected chi connectivity index (χ2v) is 7.04. The van der Waals surface area contributed by atoms with Crippen molar-refractivity contribution in [3.63, 3.8) is 0 Å². The maximum Gasteiger partial charge on any atom is 0.0208 e. The highest BCUT2D eigenvalue weighted by Crippen LogP contribution is 2.22. The molecule has 0 N–H and O–H groups in total. The molecular formula is C12H10I2P2. The van der Waals surface area contributed by atoms with Crippen LogP contribution in [0.1, 0.15) is 0 Å². The lowest BCUT2D eigenvalue weighted by molar-refractivity contribution is 1.62. The van der Waals surface area contributed by atoms with Crippen LogP contribution in [0.3, 0.4) is 0 Å². The van der Waals surface area contributed by atoms with Crippen LogP contribution >= 0.6 is 63.7 Å². The third kappa shape index (κ3) is 2.95. The van der Waals surface area contributed by atoms with Gasteiger partial charge in [-0.15, -0.1) is 18.5 Å². The fourth-order valence-electron chi connectivity index (χ4n) is 1.41. The second-order valence-electron chi connectivity index (χ2n) is 3.47. The van der Waals surface area contributed by atoms with Crippen LogP contribution in [0.2, 0.25) is 0 Å². The van der Waals surface area contributed by atoms with Gasteiger partial charge in [0.2, 0.25) is 0 Å². The van der Waals surface area contributed by atoms with Gasteiger partial charge >= 0.3 is 0 Å². The SMILES string of the molecule is Pc1ccc(-c2ccc(P)c(I)c2)cc1I. The fourth-order valence-corrected chi connectivity index (χ4v) is 2.80. The van der Waals surface area contributed by atoms with Gasteiger partial charge in [-0.25, -0.2) is 0 Å². The zero-order valence-electron chi connectivity index (χ0n) is 8.37. The van der Waals surface area contributed by atoms with Gasteiger partial charge < -0.3 is 0 Å². The highest BCUT2D eigenvalue weighted by atomic mass is 127. The molecule has 16 heavy (non-hydrogen) atoms. The van der Waals surface area contributed by atoms with Gasteiger partial charge in [0.1, 0.15) is 0 Å². The van der Waals surface area contributed by atoms with E-state index < -0.39 is 0 Å². The monoisotopic (exact) mass is 470 g/mol. The molecule has 2 aromatic carbocycles. The second kappa shape index (κ2) is 5.60. The zero-order valence-corrected chi connectivity index (χ0v) is 15.0. The van der Waals surface area contributed by atoms with E-state index >= 15 is 0 Å². The van der Waals surface area contributed by atoms with Gasteiger partial charge in [0.25, 0.3) is 0 Å². The zero-order chi connectivity index (χ0) is 11.7. The summed E-state index contributed by atoms with van der Waals surface area (Å²) in [6.45, 7) is 0. The lowest BCUT2D eigenvalue weighted by Crippen LogP contribution is -1.98. The summed E-state index contributed by atoms with van der Waals surface area (Å²) in [4.78, 5) is 0. The van der Waals surface area contributed by atoms with Gasteiger partial charge in [-0.2, -0.15) is 0 Å². The van der Waals surface area contributed by atoms with Crippen molar-refractivity contribution in [3.8, 4) is 11.1 Å². The molecule has 0 saturated carbocycles. The molecule has 0 fully saturated rings. The summed E-state index contributed by atoms with van der Waals surface area (Å²) < 4.78 is 2.56. The van der Waals surface area contributed by atoms with Crippen molar-refractivity contribution >= 4 is 74.3 Å². The summed E-state index contributed by atoms with van der Waals surface area (Å²) in [5.74, 6) is 0. The molecule has 0 spiro atoms. The van der Waals surface area contributed by atoms with E-state index in [1.807, 2.05) is 0 Å². The lowest BCUT2D eigenvalue weighted by atomic mass is 10.1. The van der Waals surface area contributed by atoms with Crippen LogP contribution in [0.25, 0.3) is 11.1 Å². The van der Waals surface area contributed by atoms with Gasteiger partial charge in [0.05, 0.1) is 0 Å². The Bertz CT molecular complexity index is 489. The predicted molar refractivity (Wildman–Crippen MR) is 96.0 cm³/mol. The van der Waals surface area contributed by atoms with E-state index in [1.54, 1.807) is 0 Å². The maximum atomic E-state index is 2.75. The molecule has 0 saturated heterocycles. The van der Waals surface area contributed by atoms with Crippen LogP contribution in [0.15, 0.2) is 36.4 Å². The predicted octanol–water partition coefficient (Wildman–Crippen LogP) is 3.56. The van der Waals surface area contributed by atoms with Crippen molar-refractivity contribution in [2.75, 3.05) is 0 Å². The van der Waals surface area contributed by atoms with Gasteiger partial charge in [0.15, 0.2) is 0 Å². The molecule has 0 aliphatic rings. The van der Waals surface area contributed by atoms with E-state index in [2.05, 4.69) is 100 Å². The normalized spacial score (nSPS) is 10.5. The smallest absolute Gasteiger partial charge is 0.0208 e. The minimum Gasteiger partial charge on any atom is -0.104 e. The van der Waals surface area contributed by atoms with E-state index in [0.717, 1.165) is 0 Å². The molecule has 0 aliphatic heterocycles.